The smallest absolute Gasteiger partial charge is 0.275 e. The zero-order valence-electron chi connectivity index (χ0n) is 8.64. The summed E-state index contributed by atoms with van der Waals surface area (Å²) in [5.41, 5.74) is 0.459. The van der Waals surface area contributed by atoms with Crippen molar-refractivity contribution in [1.29, 1.82) is 0 Å². The van der Waals surface area contributed by atoms with Gasteiger partial charge in [0.1, 0.15) is 0 Å². The van der Waals surface area contributed by atoms with Gasteiger partial charge in [0.2, 0.25) is 0 Å². The van der Waals surface area contributed by atoms with Crippen molar-refractivity contribution in [2.45, 2.75) is 18.9 Å². The molecule has 0 bridgehead atoms. The van der Waals surface area contributed by atoms with Crippen molar-refractivity contribution < 1.29 is 4.79 Å². The van der Waals surface area contributed by atoms with Crippen LogP contribution in [0.1, 0.15) is 23.3 Å². The first-order valence-electron chi connectivity index (χ1n) is 5.04. The van der Waals surface area contributed by atoms with E-state index in [1.165, 1.54) is 11.5 Å². The highest BCUT2D eigenvalue weighted by molar-refractivity contribution is 7.03. The van der Waals surface area contributed by atoms with Crippen LogP contribution in [0.4, 0.5) is 0 Å². The van der Waals surface area contributed by atoms with Gasteiger partial charge in [0.15, 0.2) is 5.69 Å². The lowest BCUT2D eigenvalue weighted by Gasteiger charge is -2.31. The van der Waals surface area contributed by atoms with Crippen LogP contribution in [0.5, 0.6) is 0 Å². The Morgan fingerprint density at radius 2 is 2.33 bits per heavy atom. The Kier molecular flexibility index (Phi) is 3.27. The number of carbonyl (C=O) groups is 1. The molecule has 5 nitrogen and oxygen atoms in total. The molecule has 0 aliphatic carbocycles. The topological polar surface area (TPSA) is 58.1 Å². The van der Waals surface area contributed by atoms with Crippen LogP contribution in [0.15, 0.2) is 5.38 Å². The average Bonchev–Trinajstić information content (AvgIpc) is 2.82. The molecule has 1 saturated heterocycles. The van der Waals surface area contributed by atoms with Gasteiger partial charge in [-0.25, -0.2) is 0 Å². The summed E-state index contributed by atoms with van der Waals surface area (Å²) in [6.07, 6.45) is 2.03. The van der Waals surface area contributed by atoms with Crippen molar-refractivity contribution in [1.82, 2.24) is 19.8 Å². The maximum Gasteiger partial charge on any atom is 0.275 e. The Bertz CT molecular complexity index is 321. The second-order valence-electron chi connectivity index (χ2n) is 3.69. The summed E-state index contributed by atoms with van der Waals surface area (Å²) >= 11 is 1.21. The van der Waals surface area contributed by atoms with Crippen LogP contribution in [0.25, 0.3) is 0 Å². The molecule has 0 saturated carbocycles. The number of hydrogen-bond donors (Lipinski definition) is 1. The largest absolute Gasteiger partial charge is 0.337 e. The van der Waals surface area contributed by atoms with Gasteiger partial charge in [-0.05, 0) is 37.5 Å². The number of rotatable bonds is 2. The van der Waals surface area contributed by atoms with Gasteiger partial charge < -0.3 is 10.2 Å². The monoisotopic (exact) mass is 226 g/mol. The predicted molar refractivity (Wildman–Crippen MR) is 57.9 cm³/mol. The fourth-order valence-electron chi connectivity index (χ4n) is 1.80. The summed E-state index contributed by atoms with van der Waals surface area (Å²) in [6.45, 7) is 1.97. The highest BCUT2D eigenvalue weighted by atomic mass is 32.1. The Balaban J connectivity index is 2.00. The molecule has 0 atom stereocenters. The SMILES string of the molecule is CN(C(=O)c1csnn1)C1CCNCC1. The molecule has 1 aromatic rings. The maximum atomic E-state index is 11.9. The van der Waals surface area contributed by atoms with Crippen molar-refractivity contribution in [3.05, 3.63) is 11.1 Å². The molecule has 0 unspecified atom stereocenters. The molecule has 0 spiro atoms. The van der Waals surface area contributed by atoms with E-state index >= 15 is 0 Å². The first-order chi connectivity index (χ1) is 7.29. The number of carbonyl (C=O) groups excluding carboxylic acids is 1. The predicted octanol–water partition coefficient (Wildman–Crippen LogP) is 0.362. The van der Waals surface area contributed by atoms with Gasteiger partial charge in [-0.3, -0.25) is 4.79 Å². The Hall–Kier alpha value is -1.01. The quantitative estimate of drug-likeness (QED) is 0.791. The van der Waals surface area contributed by atoms with Crippen LogP contribution >= 0.6 is 11.5 Å². The third kappa shape index (κ3) is 2.32. The lowest BCUT2D eigenvalue weighted by Crippen LogP contribution is -2.44. The first-order valence-corrected chi connectivity index (χ1v) is 5.87. The lowest BCUT2D eigenvalue weighted by molar-refractivity contribution is 0.0697. The molecular weight excluding hydrogens is 212 g/mol. The zero-order chi connectivity index (χ0) is 10.7. The standard InChI is InChI=1S/C9H14N4OS/c1-13(7-2-4-10-5-3-7)9(14)8-6-15-12-11-8/h6-7,10H,2-5H2,1H3. The minimum Gasteiger partial charge on any atom is -0.337 e. The average molecular weight is 226 g/mol. The van der Waals surface area contributed by atoms with Crippen molar-refractivity contribution >= 4 is 17.4 Å². The number of piperidine rings is 1. The Morgan fingerprint density at radius 1 is 1.60 bits per heavy atom. The van der Waals surface area contributed by atoms with Crippen molar-refractivity contribution in [2.75, 3.05) is 20.1 Å². The Morgan fingerprint density at radius 3 is 2.93 bits per heavy atom. The summed E-state index contributed by atoms with van der Waals surface area (Å²) in [5, 5.41) is 8.77. The van der Waals surface area contributed by atoms with E-state index in [1.54, 1.807) is 10.3 Å². The fourth-order valence-corrected chi connectivity index (χ4v) is 2.23. The van der Waals surface area contributed by atoms with Crippen LogP contribution < -0.4 is 5.32 Å². The van der Waals surface area contributed by atoms with Crippen molar-refractivity contribution in [2.24, 2.45) is 0 Å². The molecular formula is C9H14N4OS. The number of amides is 1. The van der Waals surface area contributed by atoms with E-state index in [1.807, 2.05) is 7.05 Å². The van der Waals surface area contributed by atoms with Gasteiger partial charge in [-0.15, -0.1) is 5.10 Å². The molecule has 1 amide bonds. The summed E-state index contributed by atoms with van der Waals surface area (Å²) in [4.78, 5) is 13.7. The van der Waals surface area contributed by atoms with E-state index in [0.29, 0.717) is 11.7 Å². The second kappa shape index (κ2) is 4.67. The Labute approximate surface area is 92.6 Å². The molecule has 0 radical (unpaired) electrons. The molecule has 0 aromatic carbocycles. The van der Waals surface area contributed by atoms with Crippen LogP contribution in [0.2, 0.25) is 0 Å². The van der Waals surface area contributed by atoms with E-state index in [0.717, 1.165) is 25.9 Å². The molecule has 15 heavy (non-hydrogen) atoms. The van der Waals surface area contributed by atoms with Gasteiger partial charge in [0.25, 0.3) is 5.91 Å². The number of aromatic nitrogens is 2. The fraction of sp³-hybridized carbons (Fsp3) is 0.667. The van der Waals surface area contributed by atoms with Gasteiger partial charge in [0.05, 0.1) is 0 Å². The van der Waals surface area contributed by atoms with Crippen LogP contribution in [-0.2, 0) is 0 Å². The van der Waals surface area contributed by atoms with Gasteiger partial charge in [-0.1, -0.05) is 4.49 Å². The summed E-state index contributed by atoms with van der Waals surface area (Å²) in [6, 6.07) is 0.334. The van der Waals surface area contributed by atoms with Gasteiger partial charge in [0, 0.05) is 18.5 Å². The number of nitrogens with zero attached hydrogens (tertiary/aromatic N) is 3. The van der Waals surface area contributed by atoms with E-state index in [4.69, 9.17) is 0 Å². The molecule has 2 heterocycles. The molecule has 1 aliphatic rings. The molecule has 1 aliphatic heterocycles. The minimum atomic E-state index is -0.0179. The van der Waals surface area contributed by atoms with E-state index < -0.39 is 0 Å². The molecule has 82 valence electrons. The highest BCUT2D eigenvalue weighted by Gasteiger charge is 2.23. The molecule has 6 heteroatoms. The normalized spacial score (nSPS) is 17.7. The maximum absolute atomic E-state index is 11.9. The van der Waals surface area contributed by atoms with E-state index in [2.05, 4.69) is 14.9 Å². The van der Waals surface area contributed by atoms with Gasteiger partial charge >= 0.3 is 0 Å². The van der Waals surface area contributed by atoms with Crippen LogP contribution in [0.3, 0.4) is 0 Å². The lowest BCUT2D eigenvalue weighted by atomic mass is 10.1. The van der Waals surface area contributed by atoms with Gasteiger partial charge in [-0.2, -0.15) is 0 Å². The summed E-state index contributed by atoms with van der Waals surface area (Å²) in [7, 11) is 1.84. The van der Waals surface area contributed by atoms with Crippen molar-refractivity contribution in [3.63, 3.8) is 0 Å². The second-order valence-corrected chi connectivity index (χ2v) is 4.30. The molecule has 1 fully saturated rings. The first kappa shape index (κ1) is 10.5. The molecule has 1 aromatic heterocycles. The zero-order valence-corrected chi connectivity index (χ0v) is 9.46. The third-order valence-electron chi connectivity index (χ3n) is 2.76. The number of hydrogen-bond acceptors (Lipinski definition) is 5. The van der Waals surface area contributed by atoms with E-state index in [-0.39, 0.29) is 5.91 Å². The van der Waals surface area contributed by atoms with Crippen LogP contribution in [0, 0.1) is 0 Å². The van der Waals surface area contributed by atoms with E-state index in [9.17, 15) is 4.79 Å². The summed E-state index contributed by atoms with van der Waals surface area (Å²) < 4.78 is 3.70. The van der Waals surface area contributed by atoms with Crippen LogP contribution in [-0.4, -0.2) is 46.6 Å². The van der Waals surface area contributed by atoms with Crippen molar-refractivity contribution in [3.8, 4) is 0 Å². The molecule has 1 N–H and O–H groups in total. The number of nitrogens with one attached hydrogen (secondary N) is 1. The summed E-state index contributed by atoms with van der Waals surface area (Å²) in [5.74, 6) is -0.0179. The highest BCUT2D eigenvalue weighted by Crippen LogP contribution is 2.12. The minimum absolute atomic E-state index is 0.0179. The third-order valence-corrected chi connectivity index (χ3v) is 3.26. The molecule has 2 rings (SSSR count).